The number of piperidine rings is 1. The zero-order valence-electron chi connectivity index (χ0n) is 12.1. The lowest BCUT2D eigenvalue weighted by atomic mass is 10.0. The zero-order chi connectivity index (χ0) is 15.7. The van der Waals surface area contributed by atoms with Crippen LogP contribution in [-0.4, -0.2) is 30.0 Å². The second-order valence-electron chi connectivity index (χ2n) is 5.94. The Morgan fingerprint density at radius 1 is 1.32 bits per heavy atom. The minimum atomic E-state index is -4.42. The first kappa shape index (κ1) is 15.1. The van der Waals surface area contributed by atoms with Gasteiger partial charge in [-0.2, -0.15) is 13.2 Å². The van der Waals surface area contributed by atoms with Gasteiger partial charge in [0.1, 0.15) is 5.82 Å². The highest BCUT2D eigenvalue weighted by molar-refractivity contribution is 5.81. The van der Waals surface area contributed by atoms with Crippen molar-refractivity contribution in [3.05, 3.63) is 23.9 Å². The molecule has 1 aromatic heterocycles. The summed E-state index contributed by atoms with van der Waals surface area (Å²) in [6, 6.07) is 2.24. The highest BCUT2D eigenvalue weighted by Gasteiger charge is 2.37. The molecule has 7 heteroatoms. The predicted octanol–water partition coefficient (Wildman–Crippen LogP) is 2.60. The smallest absolute Gasteiger partial charge is 0.354 e. The number of aromatic nitrogens is 1. The Hall–Kier alpha value is -1.79. The van der Waals surface area contributed by atoms with Gasteiger partial charge in [-0.1, -0.05) is 0 Å². The van der Waals surface area contributed by atoms with Crippen molar-refractivity contribution in [2.24, 2.45) is 5.92 Å². The number of pyridine rings is 1. The van der Waals surface area contributed by atoms with Crippen LogP contribution in [0.2, 0.25) is 0 Å². The quantitative estimate of drug-likeness (QED) is 0.933. The Labute approximate surface area is 126 Å². The molecule has 1 atom stereocenters. The normalized spacial score (nSPS) is 22.5. The van der Waals surface area contributed by atoms with Crippen LogP contribution in [-0.2, 0) is 11.0 Å². The zero-order valence-corrected chi connectivity index (χ0v) is 12.1. The van der Waals surface area contributed by atoms with Crippen LogP contribution in [0.25, 0.3) is 0 Å². The number of amides is 1. The van der Waals surface area contributed by atoms with Crippen LogP contribution in [0.1, 0.15) is 31.2 Å². The Kier molecular flexibility index (Phi) is 3.97. The van der Waals surface area contributed by atoms with E-state index in [0.29, 0.717) is 13.1 Å². The SMILES string of the molecule is O=C(NC1CCCN(c2ncccc2C(F)(F)F)C1)C1CC1. The summed E-state index contributed by atoms with van der Waals surface area (Å²) in [5, 5.41) is 2.95. The molecule has 2 fully saturated rings. The van der Waals surface area contributed by atoms with E-state index in [2.05, 4.69) is 10.3 Å². The number of alkyl halides is 3. The third-order valence-electron chi connectivity index (χ3n) is 4.11. The van der Waals surface area contributed by atoms with Gasteiger partial charge in [-0.05, 0) is 37.8 Å². The van der Waals surface area contributed by atoms with Crippen LogP contribution in [0, 0.1) is 5.92 Å². The van der Waals surface area contributed by atoms with E-state index in [1.807, 2.05) is 0 Å². The molecule has 2 heterocycles. The molecule has 4 nitrogen and oxygen atoms in total. The van der Waals surface area contributed by atoms with E-state index < -0.39 is 11.7 Å². The molecule has 1 saturated carbocycles. The third-order valence-corrected chi connectivity index (χ3v) is 4.11. The summed E-state index contributed by atoms with van der Waals surface area (Å²) >= 11 is 0. The summed E-state index contributed by atoms with van der Waals surface area (Å²) in [7, 11) is 0. The maximum absolute atomic E-state index is 13.1. The summed E-state index contributed by atoms with van der Waals surface area (Å²) in [5.74, 6) is 0.0975. The number of hydrogen-bond donors (Lipinski definition) is 1. The van der Waals surface area contributed by atoms with Crippen molar-refractivity contribution in [1.82, 2.24) is 10.3 Å². The van der Waals surface area contributed by atoms with Gasteiger partial charge < -0.3 is 10.2 Å². The maximum atomic E-state index is 13.1. The fourth-order valence-electron chi connectivity index (χ4n) is 2.82. The highest BCUT2D eigenvalue weighted by atomic mass is 19.4. The molecule has 3 rings (SSSR count). The summed E-state index contributed by atoms with van der Waals surface area (Å²) < 4.78 is 39.3. The number of rotatable bonds is 3. The topological polar surface area (TPSA) is 45.2 Å². The average Bonchev–Trinajstić information content (AvgIpc) is 3.31. The van der Waals surface area contributed by atoms with Gasteiger partial charge in [0, 0.05) is 31.2 Å². The predicted molar refractivity (Wildman–Crippen MR) is 75.3 cm³/mol. The first-order valence-electron chi connectivity index (χ1n) is 7.52. The van der Waals surface area contributed by atoms with Crippen molar-refractivity contribution >= 4 is 11.7 Å². The van der Waals surface area contributed by atoms with Crippen LogP contribution in [0.4, 0.5) is 19.0 Å². The van der Waals surface area contributed by atoms with Crippen LogP contribution >= 0.6 is 0 Å². The van der Waals surface area contributed by atoms with Crippen molar-refractivity contribution in [3.8, 4) is 0 Å². The molecule has 2 aliphatic rings. The molecular weight excluding hydrogens is 295 g/mol. The van der Waals surface area contributed by atoms with Crippen LogP contribution in [0.15, 0.2) is 18.3 Å². The number of nitrogens with one attached hydrogen (secondary N) is 1. The molecule has 0 aromatic carbocycles. The maximum Gasteiger partial charge on any atom is 0.419 e. The van der Waals surface area contributed by atoms with Crippen molar-refractivity contribution in [3.63, 3.8) is 0 Å². The highest BCUT2D eigenvalue weighted by Crippen LogP contribution is 2.36. The second kappa shape index (κ2) is 5.78. The standard InChI is InChI=1S/C15H18F3N3O/c16-15(17,18)12-4-1-7-19-13(12)21-8-2-3-11(9-21)20-14(22)10-5-6-10/h1,4,7,10-11H,2-3,5-6,8-9H2,(H,20,22). The summed E-state index contributed by atoms with van der Waals surface area (Å²) in [6.07, 6.45) is 0.318. The van der Waals surface area contributed by atoms with Gasteiger partial charge in [-0.15, -0.1) is 0 Å². The number of hydrogen-bond acceptors (Lipinski definition) is 3. The average molecular weight is 313 g/mol. The number of anilines is 1. The molecule has 0 bridgehead atoms. The Bertz CT molecular complexity index is 557. The van der Waals surface area contributed by atoms with Crippen molar-refractivity contribution in [1.29, 1.82) is 0 Å². The molecule has 120 valence electrons. The minimum absolute atomic E-state index is 0.0314. The minimum Gasteiger partial charge on any atom is -0.354 e. The lowest BCUT2D eigenvalue weighted by molar-refractivity contribution is -0.137. The van der Waals surface area contributed by atoms with E-state index in [1.165, 1.54) is 12.3 Å². The first-order valence-corrected chi connectivity index (χ1v) is 7.52. The number of nitrogens with zero attached hydrogens (tertiary/aromatic N) is 2. The number of halogens is 3. The van der Waals surface area contributed by atoms with Crippen molar-refractivity contribution in [2.75, 3.05) is 18.0 Å². The fourth-order valence-corrected chi connectivity index (χ4v) is 2.82. The van der Waals surface area contributed by atoms with Gasteiger partial charge in [0.15, 0.2) is 0 Å². The van der Waals surface area contributed by atoms with Crippen molar-refractivity contribution < 1.29 is 18.0 Å². The summed E-state index contributed by atoms with van der Waals surface area (Å²) in [6.45, 7) is 0.897. The number of carbonyl (C=O) groups is 1. The van der Waals surface area contributed by atoms with Gasteiger partial charge in [0.2, 0.25) is 5.91 Å². The lowest BCUT2D eigenvalue weighted by Gasteiger charge is -2.35. The van der Waals surface area contributed by atoms with Gasteiger partial charge in [0.25, 0.3) is 0 Å². The molecule has 1 aromatic rings. The fraction of sp³-hybridized carbons (Fsp3) is 0.600. The molecule has 1 amide bonds. The number of carbonyl (C=O) groups excluding carboxylic acids is 1. The van der Waals surface area contributed by atoms with Gasteiger partial charge in [-0.25, -0.2) is 4.98 Å². The van der Waals surface area contributed by atoms with E-state index in [9.17, 15) is 18.0 Å². The van der Waals surface area contributed by atoms with E-state index in [1.54, 1.807) is 4.90 Å². The summed E-state index contributed by atoms with van der Waals surface area (Å²) in [5.41, 5.74) is -0.718. The van der Waals surface area contributed by atoms with E-state index >= 15 is 0 Å². The van der Waals surface area contributed by atoms with E-state index in [0.717, 1.165) is 31.7 Å². The summed E-state index contributed by atoms with van der Waals surface area (Å²) in [4.78, 5) is 17.4. The molecule has 1 N–H and O–H groups in total. The largest absolute Gasteiger partial charge is 0.419 e. The molecule has 1 saturated heterocycles. The van der Waals surface area contributed by atoms with Crippen molar-refractivity contribution in [2.45, 2.75) is 37.9 Å². The van der Waals surface area contributed by atoms with E-state index in [-0.39, 0.29) is 23.7 Å². The van der Waals surface area contributed by atoms with Gasteiger partial charge >= 0.3 is 6.18 Å². The Morgan fingerprint density at radius 2 is 2.09 bits per heavy atom. The molecule has 1 aliphatic heterocycles. The third kappa shape index (κ3) is 3.34. The van der Waals surface area contributed by atoms with Crippen LogP contribution in [0.3, 0.4) is 0 Å². The van der Waals surface area contributed by atoms with E-state index in [4.69, 9.17) is 0 Å². The molecule has 1 unspecified atom stereocenters. The van der Waals surface area contributed by atoms with Gasteiger partial charge in [-0.3, -0.25) is 4.79 Å². The van der Waals surface area contributed by atoms with Crippen LogP contribution in [0.5, 0.6) is 0 Å². The van der Waals surface area contributed by atoms with Crippen LogP contribution < -0.4 is 10.2 Å². The molecule has 0 spiro atoms. The molecule has 22 heavy (non-hydrogen) atoms. The Balaban J connectivity index is 1.73. The van der Waals surface area contributed by atoms with Gasteiger partial charge in [0.05, 0.1) is 5.56 Å². The monoisotopic (exact) mass is 313 g/mol. The molecule has 0 radical (unpaired) electrons. The Morgan fingerprint density at radius 3 is 2.77 bits per heavy atom. The lowest BCUT2D eigenvalue weighted by Crippen LogP contribution is -2.48. The second-order valence-corrected chi connectivity index (χ2v) is 5.94. The first-order chi connectivity index (χ1) is 10.4. The molecule has 1 aliphatic carbocycles. The molecular formula is C15H18F3N3O.